The smallest absolute Gasteiger partial charge is 0.289 e. The van der Waals surface area contributed by atoms with Gasteiger partial charge in [0.1, 0.15) is 11.6 Å². The molecule has 1 amide bonds. The quantitative estimate of drug-likeness (QED) is 0.427. The van der Waals surface area contributed by atoms with Crippen LogP contribution in [-0.4, -0.2) is 40.1 Å². The Bertz CT molecular complexity index is 1350. The fraction of sp³-hybridized carbons (Fsp3) is 0.296. The molecule has 0 radical (unpaired) electrons. The van der Waals surface area contributed by atoms with E-state index in [-0.39, 0.29) is 11.5 Å². The average Bonchev–Trinajstić information content (AvgIpc) is 3.40. The summed E-state index contributed by atoms with van der Waals surface area (Å²) >= 11 is 0. The van der Waals surface area contributed by atoms with E-state index in [4.69, 9.17) is 14.1 Å². The number of carbonyl (C=O) groups is 1. The molecule has 34 heavy (non-hydrogen) atoms. The number of amides is 1. The number of likely N-dealkylation sites (tertiary alicyclic amines) is 1. The molecule has 1 fully saturated rings. The molecule has 5 rings (SSSR count). The molecular weight excluding hydrogens is 430 g/mol. The second-order valence-electron chi connectivity index (χ2n) is 8.50. The van der Waals surface area contributed by atoms with Crippen molar-refractivity contribution in [1.29, 1.82) is 0 Å². The van der Waals surface area contributed by atoms with Crippen molar-refractivity contribution < 1.29 is 13.9 Å². The second kappa shape index (κ2) is 9.55. The van der Waals surface area contributed by atoms with Gasteiger partial charge in [-0.3, -0.25) is 14.2 Å². The Hall–Kier alpha value is -3.87. The first-order chi connectivity index (χ1) is 16.7. The van der Waals surface area contributed by atoms with Crippen molar-refractivity contribution in [2.75, 3.05) is 19.7 Å². The van der Waals surface area contributed by atoms with Gasteiger partial charge in [0.2, 0.25) is 0 Å². The third-order valence-corrected chi connectivity index (χ3v) is 6.36. The molecule has 2 aromatic heterocycles. The summed E-state index contributed by atoms with van der Waals surface area (Å²) in [4.78, 5) is 33.0. The van der Waals surface area contributed by atoms with E-state index in [1.165, 1.54) is 6.26 Å². The number of piperidine rings is 1. The lowest BCUT2D eigenvalue weighted by Gasteiger charge is -2.31. The van der Waals surface area contributed by atoms with E-state index < -0.39 is 0 Å². The fourth-order valence-electron chi connectivity index (χ4n) is 4.64. The molecule has 0 N–H and O–H groups in total. The molecule has 0 spiro atoms. The molecule has 0 atom stereocenters. The minimum Gasteiger partial charge on any atom is -0.492 e. The summed E-state index contributed by atoms with van der Waals surface area (Å²) in [6.07, 6.45) is 3.83. The third kappa shape index (κ3) is 4.21. The zero-order chi connectivity index (χ0) is 23.5. The van der Waals surface area contributed by atoms with Gasteiger partial charge >= 0.3 is 0 Å². The van der Waals surface area contributed by atoms with Crippen LogP contribution in [0.2, 0.25) is 0 Å². The number of ether oxygens (including phenoxy) is 1. The van der Waals surface area contributed by atoms with E-state index >= 15 is 0 Å². The van der Waals surface area contributed by atoms with Gasteiger partial charge in [-0.1, -0.05) is 24.3 Å². The minimum absolute atomic E-state index is 0.0742. The molecule has 7 nitrogen and oxygen atoms in total. The molecule has 1 aliphatic heterocycles. The minimum atomic E-state index is -0.0989. The monoisotopic (exact) mass is 457 g/mol. The van der Waals surface area contributed by atoms with Crippen LogP contribution in [0, 0.1) is 5.92 Å². The highest BCUT2D eigenvalue weighted by Crippen LogP contribution is 2.27. The van der Waals surface area contributed by atoms with Crippen molar-refractivity contribution in [3.63, 3.8) is 0 Å². The van der Waals surface area contributed by atoms with Crippen LogP contribution >= 0.6 is 0 Å². The van der Waals surface area contributed by atoms with Gasteiger partial charge in [-0.15, -0.1) is 0 Å². The molecule has 0 bridgehead atoms. The van der Waals surface area contributed by atoms with Crippen molar-refractivity contribution in [2.24, 2.45) is 5.92 Å². The van der Waals surface area contributed by atoms with Gasteiger partial charge in [0.25, 0.3) is 11.5 Å². The number of aromatic nitrogens is 2. The van der Waals surface area contributed by atoms with Gasteiger partial charge in [-0.25, -0.2) is 4.98 Å². The van der Waals surface area contributed by atoms with Crippen LogP contribution < -0.4 is 10.3 Å². The summed E-state index contributed by atoms with van der Waals surface area (Å²) in [5.41, 5.74) is 1.30. The van der Waals surface area contributed by atoms with E-state index in [9.17, 15) is 9.59 Å². The molecule has 0 aliphatic carbocycles. The molecule has 4 aromatic rings. The average molecular weight is 458 g/mol. The molecule has 7 heteroatoms. The highest BCUT2D eigenvalue weighted by atomic mass is 16.5. The predicted octanol–water partition coefficient (Wildman–Crippen LogP) is 4.47. The Balaban J connectivity index is 1.46. The molecule has 3 heterocycles. The van der Waals surface area contributed by atoms with E-state index in [0.29, 0.717) is 66.0 Å². The number of carbonyl (C=O) groups excluding carboxylic acids is 1. The summed E-state index contributed by atoms with van der Waals surface area (Å²) in [5.74, 6) is 1.97. The Kier molecular flexibility index (Phi) is 6.16. The molecule has 2 aromatic carbocycles. The zero-order valence-corrected chi connectivity index (χ0v) is 19.1. The first kappa shape index (κ1) is 21.9. The molecule has 0 unspecified atom stereocenters. The van der Waals surface area contributed by atoms with Crippen molar-refractivity contribution in [1.82, 2.24) is 14.5 Å². The van der Waals surface area contributed by atoms with Crippen LogP contribution in [0.25, 0.3) is 16.6 Å². The van der Waals surface area contributed by atoms with Crippen LogP contribution in [0.1, 0.15) is 36.1 Å². The van der Waals surface area contributed by atoms with Crippen molar-refractivity contribution in [3.8, 4) is 11.4 Å². The van der Waals surface area contributed by atoms with Crippen molar-refractivity contribution >= 4 is 16.8 Å². The molecule has 174 valence electrons. The number of fused-ring (bicyclic) bond motifs is 1. The van der Waals surface area contributed by atoms with Crippen LogP contribution in [0.4, 0.5) is 0 Å². The summed E-state index contributed by atoms with van der Waals surface area (Å²) < 4.78 is 12.8. The Labute approximate surface area is 197 Å². The Morgan fingerprint density at radius 3 is 2.59 bits per heavy atom. The van der Waals surface area contributed by atoms with Gasteiger partial charge in [-0.2, -0.15) is 0 Å². The van der Waals surface area contributed by atoms with E-state index in [0.717, 1.165) is 12.8 Å². The van der Waals surface area contributed by atoms with Gasteiger partial charge in [0.05, 0.1) is 29.5 Å². The maximum absolute atomic E-state index is 13.6. The number of hydrogen-bond donors (Lipinski definition) is 0. The molecule has 1 saturated heterocycles. The number of nitrogens with zero attached hydrogens (tertiary/aromatic N) is 3. The van der Waals surface area contributed by atoms with Gasteiger partial charge in [0, 0.05) is 19.5 Å². The lowest BCUT2D eigenvalue weighted by atomic mass is 9.92. The predicted molar refractivity (Wildman–Crippen MR) is 130 cm³/mol. The number of rotatable bonds is 6. The van der Waals surface area contributed by atoms with E-state index in [2.05, 4.69) is 0 Å². The number of para-hydroxylation sites is 3. The standard InChI is InChI=1S/C27H27N3O4/c1-2-33-23-11-6-5-10-22(23)30-25(28-21-9-4-3-8-20(21)26(30)31)18-19-13-15-29(16-14-19)27(32)24-12-7-17-34-24/h3-12,17,19H,2,13-16,18H2,1H3. The molecule has 1 aliphatic rings. The number of furan rings is 1. The maximum atomic E-state index is 13.6. The van der Waals surface area contributed by atoms with Crippen LogP contribution in [-0.2, 0) is 6.42 Å². The van der Waals surface area contributed by atoms with Gasteiger partial charge < -0.3 is 14.1 Å². The first-order valence-electron chi connectivity index (χ1n) is 11.7. The van der Waals surface area contributed by atoms with E-state index in [1.54, 1.807) is 16.7 Å². The molecular formula is C27H27N3O4. The lowest BCUT2D eigenvalue weighted by molar-refractivity contribution is 0.0657. The summed E-state index contributed by atoms with van der Waals surface area (Å²) in [7, 11) is 0. The van der Waals surface area contributed by atoms with Gasteiger partial charge in [-0.05, 0) is 62.1 Å². The Morgan fingerprint density at radius 2 is 1.82 bits per heavy atom. The maximum Gasteiger partial charge on any atom is 0.289 e. The Morgan fingerprint density at radius 1 is 1.06 bits per heavy atom. The SMILES string of the molecule is CCOc1ccccc1-n1c(CC2CCN(C(=O)c3ccco3)CC2)nc2ccccc2c1=O. The summed E-state index contributed by atoms with van der Waals surface area (Å²) in [5, 5.41) is 0.580. The molecule has 0 saturated carbocycles. The number of benzene rings is 2. The highest BCUT2D eigenvalue weighted by Gasteiger charge is 2.27. The largest absolute Gasteiger partial charge is 0.492 e. The summed E-state index contributed by atoms with van der Waals surface area (Å²) in [6, 6.07) is 18.5. The second-order valence-corrected chi connectivity index (χ2v) is 8.50. The number of hydrogen-bond acceptors (Lipinski definition) is 5. The van der Waals surface area contributed by atoms with Crippen LogP contribution in [0.5, 0.6) is 5.75 Å². The lowest BCUT2D eigenvalue weighted by Crippen LogP contribution is -2.39. The first-order valence-corrected chi connectivity index (χ1v) is 11.7. The zero-order valence-electron chi connectivity index (χ0n) is 19.1. The fourth-order valence-corrected chi connectivity index (χ4v) is 4.64. The van der Waals surface area contributed by atoms with E-state index in [1.807, 2.05) is 60.4 Å². The third-order valence-electron chi connectivity index (χ3n) is 6.36. The van der Waals surface area contributed by atoms with Crippen molar-refractivity contribution in [2.45, 2.75) is 26.2 Å². The van der Waals surface area contributed by atoms with Crippen LogP contribution in [0.15, 0.2) is 76.1 Å². The topological polar surface area (TPSA) is 77.6 Å². The summed E-state index contributed by atoms with van der Waals surface area (Å²) in [6.45, 7) is 3.73. The normalized spacial score (nSPS) is 14.4. The van der Waals surface area contributed by atoms with Crippen molar-refractivity contribution in [3.05, 3.63) is 88.9 Å². The highest BCUT2D eigenvalue weighted by molar-refractivity contribution is 5.91. The van der Waals surface area contributed by atoms with Crippen LogP contribution in [0.3, 0.4) is 0 Å². The van der Waals surface area contributed by atoms with Gasteiger partial charge in [0.15, 0.2) is 5.76 Å².